The first-order valence-electron chi connectivity index (χ1n) is 14.4. The van der Waals surface area contributed by atoms with Gasteiger partial charge in [0.15, 0.2) is 11.5 Å². The Morgan fingerprint density at radius 3 is 2.61 bits per heavy atom. The van der Waals surface area contributed by atoms with Gasteiger partial charge in [0.05, 0.1) is 31.6 Å². The van der Waals surface area contributed by atoms with Crippen molar-refractivity contribution in [3.63, 3.8) is 0 Å². The number of carbonyl (C=O) groups is 1. The number of para-hydroxylation sites is 2. The third kappa shape index (κ3) is 7.35. The summed E-state index contributed by atoms with van der Waals surface area (Å²) in [4.78, 5) is 18.7. The van der Waals surface area contributed by atoms with Crippen LogP contribution in [0.4, 0.5) is 11.6 Å². The maximum atomic E-state index is 14.0. The Labute approximate surface area is 247 Å². The van der Waals surface area contributed by atoms with Gasteiger partial charge in [-0.2, -0.15) is 4.98 Å². The number of unbranched alkanes of at least 4 members (excludes halogenated alkanes) is 3. The van der Waals surface area contributed by atoms with Crippen LogP contribution in [0.2, 0.25) is 0 Å². The van der Waals surface area contributed by atoms with Crippen LogP contribution in [0.5, 0.6) is 17.2 Å². The number of rotatable bonds is 15. The number of nitrogens with zero attached hydrogens (tertiary/aromatic N) is 3. The standard InChI is InChI=1S/C31H41N5O4S/c1-6-9-10-13-18-40-25-17-16-22(20-26(25)38-5)28-27(29(37)33-23-14-11-12-15-24(23)39-8-3)21(4)32-30-34-31(35-36(28)30)41-19-7-2/h11-12,14-17,20,28H,6-10,13,18-19H2,1-5H3,(H,33,37)(H,32,34,35). The van der Waals surface area contributed by atoms with Crippen LogP contribution in [0, 0.1) is 0 Å². The number of aromatic nitrogens is 3. The molecule has 1 aliphatic heterocycles. The molecular weight excluding hydrogens is 538 g/mol. The number of anilines is 2. The summed E-state index contributed by atoms with van der Waals surface area (Å²) in [5.41, 5.74) is 2.66. The van der Waals surface area contributed by atoms with Crippen molar-refractivity contribution in [3.05, 3.63) is 59.3 Å². The van der Waals surface area contributed by atoms with Crippen molar-refractivity contribution in [2.75, 3.05) is 36.7 Å². The van der Waals surface area contributed by atoms with Gasteiger partial charge in [0.1, 0.15) is 11.8 Å². The first kappa shape index (κ1) is 30.3. The van der Waals surface area contributed by atoms with Crippen molar-refractivity contribution in [3.8, 4) is 17.2 Å². The molecule has 3 aromatic rings. The molecule has 9 nitrogen and oxygen atoms in total. The monoisotopic (exact) mass is 579 g/mol. The largest absolute Gasteiger partial charge is 0.493 e. The molecule has 0 fully saturated rings. The molecule has 2 N–H and O–H groups in total. The van der Waals surface area contributed by atoms with Crippen molar-refractivity contribution in [2.45, 2.75) is 71.0 Å². The second kappa shape index (κ2) is 14.8. The molecule has 1 atom stereocenters. The van der Waals surface area contributed by atoms with Gasteiger partial charge in [0, 0.05) is 11.4 Å². The normalized spacial score (nSPS) is 14.3. The average molecular weight is 580 g/mol. The molecular formula is C31H41N5O4S. The molecule has 41 heavy (non-hydrogen) atoms. The first-order chi connectivity index (χ1) is 20.0. The summed E-state index contributed by atoms with van der Waals surface area (Å²) < 4.78 is 19.3. The van der Waals surface area contributed by atoms with Crippen molar-refractivity contribution in [1.29, 1.82) is 0 Å². The predicted molar refractivity (Wildman–Crippen MR) is 164 cm³/mol. The second-order valence-electron chi connectivity index (χ2n) is 9.78. The predicted octanol–water partition coefficient (Wildman–Crippen LogP) is 7.07. The van der Waals surface area contributed by atoms with Gasteiger partial charge in [0.25, 0.3) is 5.91 Å². The lowest BCUT2D eigenvalue weighted by Crippen LogP contribution is -2.31. The van der Waals surface area contributed by atoms with Crippen molar-refractivity contribution in [2.24, 2.45) is 0 Å². The smallest absolute Gasteiger partial charge is 0.255 e. The van der Waals surface area contributed by atoms with Crippen molar-refractivity contribution in [1.82, 2.24) is 14.8 Å². The molecule has 0 radical (unpaired) electrons. The highest BCUT2D eigenvalue weighted by Crippen LogP contribution is 2.40. The fourth-order valence-corrected chi connectivity index (χ4v) is 5.40. The molecule has 0 aliphatic carbocycles. The fraction of sp³-hybridized carbons (Fsp3) is 0.452. The van der Waals surface area contributed by atoms with E-state index in [0.29, 0.717) is 58.5 Å². The SMILES string of the molecule is CCCCCCOc1ccc(C2C(C(=O)Nc3ccccc3OCC)=C(C)Nc3nc(SCCC)nn32)cc1OC. The summed E-state index contributed by atoms with van der Waals surface area (Å²) >= 11 is 1.59. The summed E-state index contributed by atoms with van der Waals surface area (Å²) in [6.07, 6.45) is 5.50. The summed E-state index contributed by atoms with van der Waals surface area (Å²) in [7, 11) is 1.63. The van der Waals surface area contributed by atoms with Crippen molar-refractivity contribution >= 4 is 29.3 Å². The van der Waals surface area contributed by atoms with Crippen LogP contribution in [0.1, 0.15) is 71.4 Å². The Kier molecular flexibility index (Phi) is 11.0. The Morgan fingerprint density at radius 2 is 1.85 bits per heavy atom. The van der Waals surface area contributed by atoms with Gasteiger partial charge in [-0.1, -0.05) is 63.1 Å². The molecule has 10 heteroatoms. The summed E-state index contributed by atoms with van der Waals surface area (Å²) in [6.45, 7) is 9.24. The minimum absolute atomic E-state index is 0.258. The minimum Gasteiger partial charge on any atom is -0.493 e. The second-order valence-corrected chi connectivity index (χ2v) is 10.8. The number of benzene rings is 2. The van der Waals surface area contributed by atoms with E-state index in [1.54, 1.807) is 23.6 Å². The van der Waals surface area contributed by atoms with Crippen molar-refractivity contribution < 1.29 is 19.0 Å². The quantitative estimate of drug-likeness (QED) is 0.146. The van der Waals surface area contributed by atoms with Crippen LogP contribution in [0.3, 0.4) is 0 Å². The molecule has 0 bridgehead atoms. The molecule has 2 heterocycles. The average Bonchev–Trinajstić information content (AvgIpc) is 3.38. The zero-order valence-electron chi connectivity index (χ0n) is 24.7. The number of ether oxygens (including phenoxy) is 3. The van der Waals surface area contributed by atoms with E-state index in [0.717, 1.165) is 30.6 Å². The Hall–Kier alpha value is -3.66. The van der Waals surface area contributed by atoms with Crippen LogP contribution >= 0.6 is 11.8 Å². The zero-order chi connectivity index (χ0) is 29.2. The molecule has 1 aromatic heterocycles. The van der Waals surface area contributed by atoms with Gasteiger partial charge in [-0.05, 0) is 56.5 Å². The van der Waals surface area contributed by atoms with Gasteiger partial charge in [0.2, 0.25) is 11.1 Å². The van der Waals surface area contributed by atoms with E-state index < -0.39 is 6.04 Å². The molecule has 1 amide bonds. The van der Waals surface area contributed by atoms with Gasteiger partial charge in [-0.25, -0.2) is 4.68 Å². The van der Waals surface area contributed by atoms with E-state index >= 15 is 0 Å². The lowest BCUT2D eigenvalue weighted by Gasteiger charge is -2.29. The number of methoxy groups -OCH3 is 1. The molecule has 0 saturated heterocycles. The third-order valence-corrected chi connectivity index (χ3v) is 7.75. The lowest BCUT2D eigenvalue weighted by molar-refractivity contribution is -0.113. The van der Waals surface area contributed by atoms with Crippen LogP contribution < -0.4 is 24.8 Å². The highest BCUT2D eigenvalue weighted by Gasteiger charge is 2.35. The van der Waals surface area contributed by atoms with Crippen LogP contribution in [-0.4, -0.2) is 46.7 Å². The molecule has 0 saturated carbocycles. The number of thioether (sulfide) groups is 1. The van der Waals surface area contributed by atoms with Crippen LogP contribution in [0.15, 0.2) is 58.9 Å². The molecule has 4 rings (SSSR count). The Bertz CT molecular complexity index is 1360. The molecule has 220 valence electrons. The Balaban J connectivity index is 1.70. The number of fused-ring (bicyclic) bond motifs is 1. The summed E-state index contributed by atoms with van der Waals surface area (Å²) in [5.74, 6) is 3.14. The van der Waals surface area contributed by atoms with E-state index in [9.17, 15) is 4.79 Å². The fourth-order valence-electron chi connectivity index (χ4n) is 4.71. The Morgan fingerprint density at radius 1 is 1.02 bits per heavy atom. The number of amides is 1. The van der Waals surface area contributed by atoms with E-state index in [4.69, 9.17) is 24.3 Å². The van der Waals surface area contributed by atoms with Gasteiger partial charge in [-0.15, -0.1) is 5.10 Å². The van der Waals surface area contributed by atoms with E-state index in [1.165, 1.54) is 12.8 Å². The lowest BCUT2D eigenvalue weighted by atomic mass is 9.94. The topological polar surface area (TPSA) is 99.5 Å². The number of hydrogen-bond acceptors (Lipinski definition) is 8. The van der Waals surface area contributed by atoms with E-state index in [2.05, 4.69) is 24.5 Å². The number of allylic oxidation sites excluding steroid dienone is 1. The molecule has 1 unspecified atom stereocenters. The molecule has 1 aliphatic rings. The van der Waals surface area contributed by atoms with Crippen LogP contribution in [-0.2, 0) is 4.79 Å². The number of nitrogens with one attached hydrogen (secondary N) is 2. The highest BCUT2D eigenvalue weighted by atomic mass is 32.2. The molecule has 2 aromatic carbocycles. The third-order valence-electron chi connectivity index (χ3n) is 6.71. The van der Waals surface area contributed by atoms with Crippen LogP contribution in [0.25, 0.3) is 0 Å². The number of carbonyl (C=O) groups excluding carboxylic acids is 1. The number of hydrogen-bond donors (Lipinski definition) is 2. The highest BCUT2D eigenvalue weighted by molar-refractivity contribution is 7.99. The maximum Gasteiger partial charge on any atom is 0.255 e. The maximum absolute atomic E-state index is 14.0. The van der Waals surface area contributed by atoms with E-state index in [-0.39, 0.29) is 5.91 Å². The summed E-state index contributed by atoms with van der Waals surface area (Å²) in [5, 5.41) is 11.9. The van der Waals surface area contributed by atoms with Gasteiger partial charge < -0.3 is 24.8 Å². The molecule has 0 spiro atoms. The minimum atomic E-state index is -0.540. The zero-order valence-corrected chi connectivity index (χ0v) is 25.5. The van der Waals surface area contributed by atoms with Gasteiger partial charge >= 0.3 is 0 Å². The first-order valence-corrected chi connectivity index (χ1v) is 15.4. The summed E-state index contributed by atoms with van der Waals surface area (Å²) in [6, 6.07) is 12.7. The van der Waals surface area contributed by atoms with Gasteiger partial charge in [-0.3, -0.25) is 4.79 Å². The van der Waals surface area contributed by atoms with E-state index in [1.807, 2.05) is 56.3 Å².